The lowest BCUT2D eigenvalue weighted by molar-refractivity contribution is -0.366. The quantitative estimate of drug-likeness (QED) is 0.286. The van der Waals surface area contributed by atoms with Gasteiger partial charge in [0, 0.05) is 17.7 Å². The van der Waals surface area contributed by atoms with Crippen LogP contribution in [0.3, 0.4) is 0 Å². The number of halogens is 1. The summed E-state index contributed by atoms with van der Waals surface area (Å²) in [5.74, 6) is 3.51. The number of rotatable bonds is 7. The number of ether oxygens (including phenoxy) is 3. The molecule has 2 aromatic carbocycles. The summed E-state index contributed by atoms with van der Waals surface area (Å²) >= 11 is 6.40. The second-order valence-corrected chi connectivity index (χ2v) is 8.27. The van der Waals surface area contributed by atoms with Crippen molar-refractivity contribution in [2.45, 2.75) is 43.5 Å². The summed E-state index contributed by atoms with van der Waals surface area (Å²) in [5, 5.41) is 56.9. The van der Waals surface area contributed by atoms with E-state index in [1.807, 2.05) is 31.2 Å². The van der Waals surface area contributed by atoms with E-state index >= 15 is 0 Å². The molecule has 1 aliphatic heterocycles. The molecular formula is C26H33ClO9. The molecule has 1 saturated heterocycles. The lowest BCUT2D eigenvalue weighted by atomic mass is 9.87. The van der Waals surface area contributed by atoms with Crippen LogP contribution < -0.4 is 4.74 Å². The minimum Gasteiger partial charge on any atom is -0.494 e. The largest absolute Gasteiger partial charge is 0.494 e. The molecule has 0 saturated carbocycles. The maximum absolute atomic E-state index is 10.7. The Morgan fingerprint density at radius 2 is 1.61 bits per heavy atom. The van der Waals surface area contributed by atoms with E-state index < -0.39 is 36.8 Å². The first-order valence-electron chi connectivity index (χ1n) is 11.3. The first-order chi connectivity index (χ1) is 17.3. The van der Waals surface area contributed by atoms with E-state index in [1.54, 1.807) is 18.2 Å². The van der Waals surface area contributed by atoms with Gasteiger partial charge in [0.05, 0.1) is 13.2 Å². The number of hydrogen-bond donors (Lipinski definition) is 6. The zero-order chi connectivity index (χ0) is 26.7. The number of aliphatic hydroxyl groups excluding tert-OH is 6. The van der Waals surface area contributed by atoms with Crippen LogP contribution in [-0.2, 0) is 21.7 Å². The SMILES string of the molecule is CCOc1ccc(Cc2cc([C@]3(OC)O[C@H](CO)[C@@H](O)[C@H](O)[C@H]3O)ccc2Cl)cc1.OCC#CCO. The van der Waals surface area contributed by atoms with Crippen molar-refractivity contribution in [2.75, 3.05) is 33.5 Å². The predicted octanol–water partition coefficient (Wildman–Crippen LogP) is 0.577. The summed E-state index contributed by atoms with van der Waals surface area (Å²) < 4.78 is 16.7. The van der Waals surface area contributed by atoms with E-state index in [1.165, 1.54) is 7.11 Å². The van der Waals surface area contributed by atoms with E-state index in [9.17, 15) is 20.4 Å². The van der Waals surface area contributed by atoms with Gasteiger partial charge in [-0.3, -0.25) is 0 Å². The van der Waals surface area contributed by atoms with Gasteiger partial charge in [0.1, 0.15) is 43.4 Å². The first-order valence-corrected chi connectivity index (χ1v) is 11.7. The van der Waals surface area contributed by atoms with Gasteiger partial charge in [-0.05, 0) is 48.7 Å². The van der Waals surface area contributed by atoms with Gasteiger partial charge in [-0.2, -0.15) is 0 Å². The van der Waals surface area contributed by atoms with Crippen LogP contribution >= 0.6 is 11.6 Å². The van der Waals surface area contributed by atoms with Gasteiger partial charge < -0.3 is 44.8 Å². The molecule has 1 aliphatic rings. The minimum absolute atomic E-state index is 0.166. The van der Waals surface area contributed by atoms with Crippen molar-refractivity contribution in [1.82, 2.24) is 0 Å². The number of methoxy groups -OCH3 is 1. The fourth-order valence-electron chi connectivity index (χ4n) is 3.80. The Labute approximate surface area is 215 Å². The molecule has 0 radical (unpaired) electrons. The highest BCUT2D eigenvalue weighted by Crippen LogP contribution is 2.40. The molecule has 0 bridgehead atoms. The van der Waals surface area contributed by atoms with Crippen LogP contribution in [0, 0.1) is 11.8 Å². The highest BCUT2D eigenvalue weighted by molar-refractivity contribution is 6.31. The number of benzene rings is 2. The highest BCUT2D eigenvalue weighted by Gasteiger charge is 2.55. The van der Waals surface area contributed by atoms with Crippen LogP contribution in [-0.4, -0.2) is 88.6 Å². The molecule has 3 rings (SSSR count). The first kappa shape index (κ1) is 30.0. The summed E-state index contributed by atoms with van der Waals surface area (Å²) in [6.45, 7) is 1.62. The summed E-state index contributed by atoms with van der Waals surface area (Å²) in [6, 6.07) is 12.6. The van der Waals surface area contributed by atoms with Crippen molar-refractivity contribution in [2.24, 2.45) is 0 Å². The van der Waals surface area contributed by atoms with E-state index in [0.29, 0.717) is 23.6 Å². The van der Waals surface area contributed by atoms with Crippen molar-refractivity contribution in [1.29, 1.82) is 0 Å². The van der Waals surface area contributed by atoms with Crippen LogP contribution in [0.15, 0.2) is 42.5 Å². The van der Waals surface area contributed by atoms with Gasteiger partial charge in [0.15, 0.2) is 0 Å². The zero-order valence-corrected chi connectivity index (χ0v) is 20.9. The van der Waals surface area contributed by atoms with Gasteiger partial charge in [-0.1, -0.05) is 41.6 Å². The van der Waals surface area contributed by atoms with Crippen molar-refractivity contribution < 1.29 is 44.8 Å². The van der Waals surface area contributed by atoms with E-state index in [-0.39, 0.29) is 13.2 Å². The third kappa shape index (κ3) is 7.17. The second kappa shape index (κ2) is 14.5. The predicted molar refractivity (Wildman–Crippen MR) is 132 cm³/mol. The van der Waals surface area contributed by atoms with Crippen LogP contribution in [0.1, 0.15) is 23.6 Å². The van der Waals surface area contributed by atoms with Gasteiger partial charge in [0.25, 0.3) is 0 Å². The molecule has 5 atom stereocenters. The lowest BCUT2D eigenvalue weighted by Crippen LogP contribution is -2.64. The lowest BCUT2D eigenvalue weighted by Gasteiger charge is -2.47. The average molecular weight is 525 g/mol. The van der Waals surface area contributed by atoms with Crippen LogP contribution in [0.25, 0.3) is 0 Å². The molecule has 0 unspecified atom stereocenters. The van der Waals surface area contributed by atoms with E-state index in [4.69, 9.17) is 36.0 Å². The highest BCUT2D eigenvalue weighted by atomic mass is 35.5. The van der Waals surface area contributed by atoms with E-state index in [0.717, 1.165) is 16.9 Å². The molecule has 36 heavy (non-hydrogen) atoms. The third-order valence-corrected chi connectivity index (χ3v) is 5.98. The Hall–Kier alpha value is -2.23. The maximum atomic E-state index is 10.7. The summed E-state index contributed by atoms with van der Waals surface area (Å²) in [7, 11) is 1.32. The topological polar surface area (TPSA) is 149 Å². The fraction of sp³-hybridized carbons (Fsp3) is 0.462. The van der Waals surface area contributed by atoms with Crippen molar-refractivity contribution in [3.8, 4) is 17.6 Å². The molecule has 9 nitrogen and oxygen atoms in total. The molecule has 2 aromatic rings. The van der Waals surface area contributed by atoms with Crippen molar-refractivity contribution >= 4 is 11.6 Å². The summed E-state index contributed by atoms with van der Waals surface area (Å²) in [6.07, 6.45) is -5.23. The molecular weight excluding hydrogens is 492 g/mol. The molecule has 0 amide bonds. The number of aliphatic hydroxyl groups is 6. The Kier molecular flexibility index (Phi) is 12.1. The summed E-state index contributed by atoms with van der Waals surface area (Å²) in [5.41, 5.74) is 2.16. The van der Waals surface area contributed by atoms with Crippen molar-refractivity contribution in [3.63, 3.8) is 0 Å². The normalized spacial score (nSPS) is 25.2. The molecule has 1 fully saturated rings. The summed E-state index contributed by atoms with van der Waals surface area (Å²) in [4.78, 5) is 0. The monoisotopic (exact) mass is 524 g/mol. The van der Waals surface area contributed by atoms with E-state index in [2.05, 4.69) is 11.8 Å². The molecule has 6 N–H and O–H groups in total. The average Bonchev–Trinajstić information content (AvgIpc) is 2.89. The van der Waals surface area contributed by atoms with Crippen molar-refractivity contribution in [3.05, 3.63) is 64.2 Å². The smallest absolute Gasteiger partial charge is 0.224 e. The molecule has 1 heterocycles. The van der Waals surface area contributed by atoms with Gasteiger partial charge >= 0.3 is 0 Å². The molecule has 10 heteroatoms. The third-order valence-electron chi connectivity index (χ3n) is 5.61. The second-order valence-electron chi connectivity index (χ2n) is 7.87. The number of hydrogen-bond acceptors (Lipinski definition) is 9. The van der Waals surface area contributed by atoms with Gasteiger partial charge in [-0.25, -0.2) is 0 Å². The Morgan fingerprint density at radius 1 is 0.972 bits per heavy atom. The Balaban J connectivity index is 0.000000678. The molecule has 0 spiro atoms. The molecule has 0 aromatic heterocycles. The fourth-order valence-corrected chi connectivity index (χ4v) is 3.98. The van der Waals surface area contributed by atoms with Gasteiger partial charge in [-0.15, -0.1) is 0 Å². The maximum Gasteiger partial charge on any atom is 0.224 e. The zero-order valence-electron chi connectivity index (χ0n) is 20.2. The van der Waals surface area contributed by atoms with Gasteiger partial charge in [0.2, 0.25) is 5.79 Å². The van der Waals surface area contributed by atoms with Crippen LogP contribution in [0.5, 0.6) is 5.75 Å². The minimum atomic E-state index is -1.77. The van der Waals surface area contributed by atoms with Crippen LogP contribution in [0.4, 0.5) is 0 Å². The Bertz CT molecular complexity index is 995. The standard InChI is InChI=1S/C22H27ClO7.C4H6O2/c1-3-29-16-7-4-13(5-8-16)10-14-11-15(6-9-17(14)23)22(28-2)21(27)20(26)19(25)18(12-24)30-22;5-3-1-2-4-6/h4-9,11,18-21,24-27H,3,10,12H2,1-2H3;5-6H,3-4H2/t18-,19-,20+,21-,22+;/m1./s1. The molecule has 198 valence electrons. The molecule has 0 aliphatic carbocycles. The van der Waals surface area contributed by atoms with Crippen LogP contribution in [0.2, 0.25) is 5.02 Å². The Morgan fingerprint density at radius 3 is 2.14 bits per heavy atom.